The second-order valence-corrected chi connectivity index (χ2v) is 5.00. The molecule has 2 saturated heterocycles. The molecule has 0 unspecified atom stereocenters. The number of hydroxylamine groups is 2. The molecule has 116 valence electrons. The first-order valence-electron chi connectivity index (χ1n) is 6.79. The van der Waals surface area contributed by atoms with Crippen molar-refractivity contribution in [3.8, 4) is 0 Å². The van der Waals surface area contributed by atoms with Gasteiger partial charge in [0.15, 0.2) is 0 Å². The highest BCUT2D eigenvalue weighted by Crippen LogP contribution is 2.14. The van der Waals surface area contributed by atoms with Gasteiger partial charge in [-0.15, -0.1) is 5.06 Å². The van der Waals surface area contributed by atoms with Gasteiger partial charge >= 0.3 is 12.2 Å². The number of nitrogens with zero attached hydrogens (tertiary/aromatic N) is 2. The largest absolute Gasteiger partial charge is 0.465 e. The third-order valence-electron chi connectivity index (χ3n) is 3.50. The number of likely N-dealkylation sites (tertiary alicyclic amines) is 1. The summed E-state index contributed by atoms with van der Waals surface area (Å²) in [5, 5.41) is 12.0. The quantitative estimate of drug-likeness (QED) is 0.709. The van der Waals surface area contributed by atoms with Crippen molar-refractivity contribution in [2.24, 2.45) is 0 Å². The number of imide groups is 1. The molecule has 0 bridgehead atoms. The van der Waals surface area contributed by atoms with Crippen LogP contribution in [0.5, 0.6) is 0 Å². The molecule has 0 saturated carbocycles. The third-order valence-corrected chi connectivity index (χ3v) is 3.50. The molecule has 2 rings (SSSR count). The van der Waals surface area contributed by atoms with Gasteiger partial charge in [-0.05, 0) is 19.3 Å². The van der Waals surface area contributed by atoms with Crippen LogP contribution >= 0.6 is 0 Å². The van der Waals surface area contributed by atoms with Crippen LogP contribution in [-0.2, 0) is 14.4 Å². The van der Waals surface area contributed by atoms with Crippen molar-refractivity contribution in [1.29, 1.82) is 0 Å². The summed E-state index contributed by atoms with van der Waals surface area (Å²) in [5.74, 6) is -1.07. The summed E-state index contributed by atoms with van der Waals surface area (Å²) >= 11 is 0. The lowest BCUT2D eigenvalue weighted by atomic mass is 10.1. The van der Waals surface area contributed by atoms with E-state index in [1.165, 1.54) is 4.90 Å². The number of carbonyl (C=O) groups excluding carboxylic acids is 3. The van der Waals surface area contributed by atoms with Crippen LogP contribution in [0.1, 0.15) is 32.1 Å². The van der Waals surface area contributed by atoms with E-state index in [-0.39, 0.29) is 18.9 Å². The molecule has 9 heteroatoms. The molecule has 2 N–H and O–H groups in total. The highest BCUT2D eigenvalue weighted by molar-refractivity contribution is 6.01. The second-order valence-electron chi connectivity index (χ2n) is 5.00. The summed E-state index contributed by atoms with van der Waals surface area (Å²) in [6.07, 6.45) is -0.0615. The fraction of sp³-hybridized carbons (Fsp3) is 0.667. The van der Waals surface area contributed by atoms with Crippen molar-refractivity contribution in [2.75, 3.05) is 13.1 Å². The maximum atomic E-state index is 11.7. The van der Waals surface area contributed by atoms with Crippen LogP contribution < -0.4 is 5.32 Å². The Labute approximate surface area is 120 Å². The van der Waals surface area contributed by atoms with Crippen molar-refractivity contribution in [3.05, 3.63) is 0 Å². The predicted molar refractivity (Wildman–Crippen MR) is 67.9 cm³/mol. The molecule has 9 nitrogen and oxygen atoms in total. The van der Waals surface area contributed by atoms with Crippen molar-refractivity contribution in [2.45, 2.75) is 38.1 Å². The number of rotatable bonds is 2. The topological polar surface area (TPSA) is 116 Å². The van der Waals surface area contributed by atoms with E-state index in [9.17, 15) is 19.2 Å². The minimum absolute atomic E-state index is 0.0448. The van der Waals surface area contributed by atoms with E-state index >= 15 is 0 Å². The third kappa shape index (κ3) is 3.83. The Kier molecular flexibility index (Phi) is 4.61. The molecule has 2 heterocycles. The molecule has 4 amide bonds. The van der Waals surface area contributed by atoms with Crippen molar-refractivity contribution >= 4 is 24.0 Å². The van der Waals surface area contributed by atoms with E-state index in [0.717, 1.165) is 0 Å². The summed E-state index contributed by atoms with van der Waals surface area (Å²) in [4.78, 5) is 51.2. The predicted octanol–water partition coefficient (Wildman–Crippen LogP) is 0.309. The van der Waals surface area contributed by atoms with Crippen LogP contribution in [0.2, 0.25) is 0 Å². The van der Waals surface area contributed by atoms with Gasteiger partial charge < -0.3 is 20.2 Å². The van der Waals surface area contributed by atoms with E-state index in [0.29, 0.717) is 37.4 Å². The summed E-state index contributed by atoms with van der Waals surface area (Å²) in [5.41, 5.74) is 0. The fourth-order valence-corrected chi connectivity index (χ4v) is 2.37. The molecule has 2 aliphatic heterocycles. The van der Waals surface area contributed by atoms with Crippen molar-refractivity contribution in [1.82, 2.24) is 15.3 Å². The Bertz CT molecular complexity index is 450. The van der Waals surface area contributed by atoms with Crippen LogP contribution in [0, 0.1) is 0 Å². The number of nitrogens with one attached hydrogen (secondary N) is 1. The lowest BCUT2D eigenvalue weighted by Crippen LogP contribution is -2.41. The van der Waals surface area contributed by atoms with Crippen molar-refractivity contribution < 1.29 is 29.1 Å². The minimum atomic E-state index is -0.980. The summed E-state index contributed by atoms with van der Waals surface area (Å²) in [7, 11) is 0. The number of carbonyl (C=O) groups is 4. The monoisotopic (exact) mass is 299 g/mol. The van der Waals surface area contributed by atoms with E-state index in [4.69, 9.17) is 9.94 Å². The first kappa shape index (κ1) is 15.1. The van der Waals surface area contributed by atoms with Crippen LogP contribution in [0.4, 0.5) is 9.59 Å². The fourth-order valence-electron chi connectivity index (χ4n) is 2.37. The van der Waals surface area contributed by atoms with Gasteiger partial charge in [-0.1, -0.05) is 0 Å². The average Bonchev–Trinajstić information content (AvgIpc) is 2.66. The Morgan fingerprint density at radius 2 is 1.81 bits per heavy atom. The molecular weight excluding hydrogens is 282 g/mol. The number of hydrogen-bond donors (Lipinski definition) is 2. The van der Waals surface area contributed by atoms with Gasteiger partial charge in [0.25, 0.3) is 11.8 Å². The smallest absolute Gasteiger partial charge is 0.432 e. The second kappa shape index (κ2) is 6.42. The first-order valence-corrected chi connectivity index (χ1v) is 6.79. The molecule has 2 aliphatic rings. The normalized spacial score (nSPS) is 23.0. The Morgan fingerprint density at radius 1 is 1.14 bits per heavy atom. The molecule has 1 atom stereocenters. The highest BCUT2D eigenvalue weighted by atomic mass is 16.7. The van der Waals surface area contributed by atoms with E-state index in [1.807, 2.05) is 0 Å². The molecule has 21 heavy (non-hydrogen) atoms. The SMILES string of the molecule is O=C(N[C@@H]1CCCN(C(=O)O)CC1)ON1C(=O)CCC1=O. The number of amides is 4. The molecule has 0 aromatic rings. The zero-order valence-electron chi connectivity index (χ0n) is 11.4. The van der Waals surface area contributed by atoms with Gasteiger partial charge in [0.05, 0.1) is 0 Å². The van der Waals surface area contributed by atoms with Crippen LogP contribution in [0.15, 0.2) is 0 Å². The first-order chi connectivity index (χ1) is 9.97. The zero-order chi connectivity index (χ0) is 15.4. The average molecular weight is 299 g/mol. The summed E-state index contributed by atoms with van der Waals surface area (Å²) in [6.45, 7) is 0.744. The maximum Gasteiger partial charge on any atom is 0.432 e. The molecule has 0 aliphatic carbocycles. The molecule has 0 spiro atoms. The Morgan fingerprint density at radius 3 is 2.43 bits per heavy atom. The van der Waals surface area contributed by atoms with Crippen molar-refractivity contribution in [3.63, 3.8) is 0 Å². The Hall–Kier alpha value is -2.32. The number of carboxylic acid groups (broad SMARTS) is 1. The molecule has 0 aromatic heterocycles. The van der Waals surface area contributed by atoms with Crippen LogP contribution in [-0.4, -0.2) is 58.2 Å². The molecule has 0 radical (unpaired) electrons. The van der Waals surface area contributed by atoms with Gasteiger partial charge in [-0.25, -0.2) is 9.59 Å². The van der Waals surface area contributed by atoms with E-state index < -0.39 is 24.0 Å². The molecular formula is C12H17N3O6. The van der Waals surface area contributed by atoms with Crippen LogP contribution in [0.25, 0.3) is 0 Å². The maximum absolute atomic E-state index is 11.7. The molecule has 2 fully saturated rings. The van der Waals surface area contributed by atoms with Gasteiger partial charge in [0, 0.05) is 32.0 Å². The zero-order valence-corrected chi connectivity index (χ0v) is 11.4. The Balaban J connectivity index is 1.81. The summed E-state index contributed by atoms with van der Waals surface area (Å²) in [6, 6.07) is -0.241. The standard InChI is InChI=1S/C12H17N3O6/c16-9-3-4-10(17)15(9)21-11(18)13-8-2-1-6-14(7-5-8)12(19)20/h8H,1-7H2,(H,13,18)(H,19,20)/t8-/m1/s1. The minimum Gasteiger partial charge on any atom is -0.465 e. The molecule has 0 aromatic carbocycles. The van der Waals surface area contributed by atoms with Gasteiger partial charge in [0.1, 0.15) is 0 Å². The highest BCUT2D eigenvalue weighted by Gasteiger charge is 2.33. The van der Waals surface area contributed by atoms with Gasteiger partial charge in [0.2, 0.25) is 0 Å². The summed E-state index contributed by atoms with van der Waals surface area (Å²) < 4.78 is 0. The van der Waals surface area contributed by atoms with Gasteiger partial charge in [-0.2, -0.15) is 0 Å². The van der Waals surface area contributed by atoms with E-state index in [2.05, 4.69) is 5.32 Å². The lowest BCUT2D eigenvalue weighted by molar-refractivity contribution is -0.171. The van der Waals surface area contributed by atoms with Gasteiger partial charge in [-0.3, -0.25) is 9.59 Å². The van der Waals surface area contributed by atoms with E-state index in [1.54, 1.807) is 0 Å². The number of hydrogen-bond acceptors (Lipinski definition) is 5. The lowest BCUT2D eigenvalue weighted by Gasteiger charge is -2.19. The van der Waals surface area contributed by atoms with Crippen LogP contribution in [0.3, 0.4) is 0 Å².